The van der Waals surface area contributed by atoms with E-state index in [9.17, 15) is 9.90 Å². The van der Waals surface area contributed by atoms with Crippen molar-refractivity contribution in [2.75, 3.05) is 13.1 Å². The van der Waals surface area contributed by atoms with Gasteiger partial charge in [-0.2, -0.15) is 0 Å². The minimum absolute atomic E-state index is 0.0585. The Hall–Kier alpha value is -1.10. The fourth-order valence-corrected chi connectivity index (χ4v) is 3.90. The number of benzene rings is 1. The van der Waals surface area contributed by atoms with Crippen molar-refractivity contribution in [1.82, 2.24) is 10.6 Å². The first kappa shape index (κ1) is 16.7. The highest BCUT2D eigenvalue weighted by Gasteiger charge is 2.39. The molecule has 0 aromatic heterocycles. The average Bonchev–Trinajstić information content (AvgIpc) is 2.53. The van der Waals surface area contributed by atoms with Crippen LogP contribution < -0.4 is 10.6 Å². The number of amides is 1. The van der Waals surface area contributed by atoms with Gasteiger partial charge in [0.15, 0.2) is 0 Å². The van der Waals surface area contributed by atoms with E-state index >= 15 is 0 Å². The second-order valence-electron chi connectivity index (χ2n) is 6.94. The Morgan fingerprint density at radius 2 is 2.00 bits per heavy atom. The normalized spacial score (nSPS) is 26.4. The van der Waals surface area contributed by atoms with E-state index in [4.69, 9.17) is 11.6 Å². The predicted octanol–water partition coefficient (Wildman–Crippen LogP) is 2.52. The number of hydrogen-bond acceptors (Lipinski definition) is 3. The molecular formula is C18H25ClN2O2. The van der Waals surface area contributed by atoms with Crippen molar-refractivity contribution in [3.63, 3.8) is 0 Å². The Morgan fingerprint density at radius 1 is 1.30 bits per heavy atom. The van der Waals surface area contributed by atoms with Gasteiger partial charge in [-0.25, -0.2) is 0 Å². The van der Waals surface area contributed by atoms with E-state index in [2.05, 4.69) is 10.6 Å². The standard InChI is InChI=1S/C18H25ClN2O2/c1-11-2-3-13(10-16(11)19)18(23)21-17(14-8-15(22)9-14)12-4-6-20-7-5-12/h2-3,10,12,14-15,17,20,22H,4-9H2,1H3,(H,21,23)/t14?,15?,17-/m0/s1. The lowest BCUT2D eigenvalue weighted by atomic mass is 9.71. The molecule has 1 saturated heterocycles. The van der Waals surface area contributed by atoms with Crippen LogP contribution in [0.25, 0.3) is 0 Å². The third-order valence-corrected chi connectivity index (χ3v) is 5.69. The summed E-state index contributed by atoms with van der Waals surface area (Å²) in [6, 6.07) is 5.59. The number of rotatable bonds is 4. The Kier molecular flexibility index (Phi) is 5.24. The molecule has 0 radical (unpaired) electrons. The van der Waals surface area contributed by atoms with Crippen molar-refractivity contribution in [3.8, 4) is 0 Å². The molecule has 1 saturated carbocycles. The molecule has 3 rings (SSSR count). The number of aliphatic hydroxyl groups is 1. The van der Waals surface area contributed by atoms with E-state index in [1.807, 2.05) is 19.1 Å². The molecule has 0 spiro atoms. The summed E-state index contributed by atoms with van der Waals surface area (Å²) in [6.45, 7) is 3.93. The Labute approximate surface area is 142 Å². The lowest BCUT2D eigenvalue weighted by Crippen LogP contribution is -2.52. The molecule has 1 aliphatic carbocycles. The first-order chi connectivity index (χ1) is 11.0. The first-order valence-corrected chi connectivity index (χ1v) is 8.88. The van der Waals surface area contributed by atoms with Crippen LogP contribution in [0.2, 0.25) is 5.02 Å². The number of nitrogens with one attached hydrogen (secondary N) is 2. The van der Waals surface area contributed by atoms with E-state index in [0.717, 1.165) is 44.3 Å². The van der Waals surface area contributed by atoms with Gasteiger partial charge in [0, 0.05) is 16.6 Å². The summed E-state index contributed by atoms with van der Waals surface area (Å²) < 4.78 is 0. The second kappa shape index (κ2) is 7.20. The SMILES string of the molecule is Cc1ccc(C(=O)N[C@@H](C2CCNCC2)C2CC(O)C2)cc1Cl. The summed E-state index contributed by atoms with van der Waals surface area (Å²) in [5.41, 5.74) is 1.58. The van der Waals surface area contributed by atoms with Gasteiger partial charge in [0.25, 0.3) is 5.91 Å². The third-order valence-electron chi connectivity index (χ3n) is 5.28. The number of carbonyl (C=O) groups is 1. The molecule has 2 fully saturated rings. The summed E-state index contributed by atoms with van der Waals surface area (Å²) in [6.07, 6.45) is 3.54. The minimum Gasteiger partial charge on any atom is -0.393 e. The quantitative estimate of drug-likeness (QED) is 0.791. The number of halogens is 1. The summed E-state index contributed by atoms with van der Waals surface area (Å²) in [5.74, 6) is 0.813. The highest BCUT2D eigenvalue weighted by atomic mass is 35.5. The summed E-state index contributed by atoms with van der Waals surface area (Å²) in [7, 11) is 0. The fraction of sp³-hybridized carbons (Fsp3) is 0.611. The maximum atomic E-state index is 12.6. The predicted molar refractivity (Wildman–Crippen MR) is 91.8 cm³/mol. The van der Waals surface area contributed by atoms with E-state index in [0.29, 0.717) is 22.4 Å². The van der Waals surface area contributed by atoms with Crippen molar-refractivity contribution < 1.29 is 9.90 Å². The molecule has 5 heteroatoms. The van der Waals surface area contributed by atoms with Gasteiger partial charge < -0.3 is 15.7 Å². The summed E-state index contributed by atoms with van der Waals surface area (Å²) in [4.78, 5) is 12.6. The lowest BCUT2D eigenvalue weighted by molar-refractivity contribution is 0.00919. The van der Waals surface area contributed by atoms with Gasteiger partial charge in [0.05, 0.1) is 6.10 Å². The van der Waals surface area contributed by atoms with Crippen LogP contribution in [0, 0.1) is 18.8 Å². The van der Waals surface area contributed by atoms with Gasteiger partial charge in [0.2, 0.25) is 0 Å². The third kappa shape index (κ3) is 3.87. The van der Waals surface area contributed by atoms with E-state index in [-0.39, 0.29) is 18.1 Å². The zero-order valence-corrected chi connectivity index (χ0v) is 14.3. The van der Waals surface area contributed by atoms with Crippen molar-refractivity contribution in [1.29, 1.82) is 0 Å². The molecule has 3 N–H and O–H groups in total. The molecule has 23 heavy (non-hydrogen) atoms. The molecule has 1 heterocycles. The van der Waals surface area contributed by atoms with E-state index < -0.39 is 0 Å². The number of hydrogen-bond donors (Lipinski definition) is 3. The van der Waals surface area contributed by atoms with E-state index in [1.54, 1.807) is 6.07 Å². The monoisotopic (exact) mass is 336 g/mol. The first-order valence-electron chi connectivity index (χ1n) is 8.50. The highest BCUT2D eigenvalue weighted by molar-refractivity contribution is 6.31. The van der Waals surface area contributed by atoms with Crippen molar-refractivity contribution >= 4 is 17.5 Å². The molecule has 2 aliphatic rings. The number of carbonyl (C=O) groups excluding carboxylic acids is 1. The Morgan fingerprint density at radius 3 is 2.61 bits per heavy atom. The Balaban J connectivity index is 1.71. The van der Waals surface area contributed by atoms with Crippen LogP contribution in [0.3, 0.4) is 0 Å². The van der Waals surface area contributed by atoms with Crippen LogP contribution in [-0.2, 0) is 0 Å². The van der Waals surface area contributed by atoms with Crippen LogP contribution >= 0.6 is 11.6 Å². The topological polar surface area (TPSA) is 61.4 Å². The molecule has 126 valence electrons. The van der Waals surface area contributed by atoms with Gasteiger partial charge in [0.1, 0.15) is 0 Å². The maximum absolute atomic E-state index is 12.6. The molecule has 1 aliphatic heterocycles. The van der Waals surface area contributed by atoms with Crippen molar-refractivity contribution in [2.45, 2.75) is 44.8 Å². The minimum atomic E-state index is -0.199. The molecule has 0 bridgehead atoms. The van der Waals surface area contributed by atoms with Gasteiger partial charge in [-0.15, -0.1) is 0 Å². The van der Waals surface area contributed by atoms with Gasteiger partial charge >= 0.3 is 0 Å². The van der Waals surface area contributed by atoms with Crippen LogP contribution in [0.15, 0.2) is 18.2 Å². The summed E-state index contributed by atoms with van der Waals surface area (Å²) >= 11 is 6.14. The molecule has 1 aromatic rings. The lowest BCUT2D eigenvalue weighted by Gasteiger charge is -2.43. The van der Waals surface area contributed by atoms with Crippen LogP contribution in [0.1, 0.15) is 41.6 Å². The average molecular weight is 337 g/mol. The Bertz CT molecular complexity index is 566. The van der Waals surface area contributed by atoms with Crippen molar-refractivity contribution in [3.05, 3.63) is 34.3 Å². The summed E-state index contributed by atoms with van der Waals surface area (Å²) in [5, 5.41) is 16.9. The van der Waals surface area contributed by atoms with Gasteiger partial charge in [-0.05, 0) is 75.2 Å². The number of aliphatic hydroxyl groups excluding tert-OH is 1. The second-order valence-corrected chi connectivity index (χ2v) is 7.34. The molecule has 1 atom stereocenters. The zero-order chi connectivity index (χ0) is 16.4. The molecule has 1 amide bonds. The van der Waals surface area contributed by atoms with Crippen LogP contribution in [0.5, 0.6) is 0 Å². The van der Waals surface area contributed by atoms with Gasteiger partial charge in [-0.3, -0.25) is 4.79 Å². The molecule has 1 aromatic carbocycles. The smallest absolute Gasteiger partial charge is 0.251 e. The maximum Gasteiger partial charge on any atom is 0.251 e. The highest BCUT2D eigenvalue weighted by Crippen LogP contribution is 2.36. The van der Waals surface area contributed by atoms with Crippen molar-refractivity contribution in [2.24, 2.45) is 11.8 Å². The zero-order valence-electron chi connectivity index (χ0n) is 13.5. The van der Waals surface area contributed by atoms with Crippen LogP contribution in [0.4, 0.5) is 0 Å². The van der Waals surface area contributed by atoms with Crippen LogP contribution in [-0.4, -0.2) is 36.2 Å². The number of piperidine rings is 1. The number of aryl methyl sites for hydroxylation is 1. The molecule has 0 unspecified atom stereocenters. The molecular weight excluding hydrogens is 312 g/mol. The fourth-order valence-electron chi connectivity index (χ4n) is 3.72. The molecule has 4 nitrogen and oxygen atoms in total. The van der Waals surface area contributed by atoms with E-state index in [1.165, 1.54) is 0 Å². The largest absolute Gasteiger partial charge is 0.393 e. The van der Waals surface area contributed by atoms with Gasteiger partial charge in [-0.1, -0.05) is 17.7 Å².